The molecule has 0 unspecified atom stereocenters. The van der Waals surface area contributed by atoms with E-state index in [9.17, 15) is 0 Å². The Morgan fingerprint density at radius 2 is 1.96 bits per heavy atom. The minimum absolute atomic E-state index is 0.591. The van der Waals surface area contributed by atoms with Gasteiger partial charge in [0, 0.05) is 17.4 Å². The summed E-state index contributed by atoms with van der Waals surface area (Å²) in [6.07, 6.45) is 2.62. The summed E-state index contributed by atoms with van der Waals surface area (Å²) in [5.41, 5.74) is 3.18. The molecule has 2 heterocycles. The highest BCUT2D eigenvalue weighted by Crippen LogP contribution is 2.20. The summed E-state index contributed by atoms with van der Waals surface area (Å²) >= 11 is 0. The Morgan fingerprint density at radius 3 is 2.74 bits per heavy atom. The molecule has 118 valence electrons. The molecule has 0 radical (unpaired) electrons. The SMILES string of the molecule is CCc1ccccc1Nc1nc(C)cc(NCc2ccco2)n1. The van der Waals surface area contributed by atoms with Crippen LogP contribution in [0.25, 0.3) is 0 Å². The van der Waals surface area contributed by atoms with Crippen LogP contribution in [0, 0.1) is 6.92 Å². The maximum absolute atomic E-state index is 5.32. The Morgan fingerprint density at radius 1 is 1.09 bits per heavy atom. The van der Waals surface area contributed by atoms with E-state index in [-0.39, 0.29) is 0 Å². The Kier molecular flexibility index (Phi) is 4.57. The van der Waals surface area contributed by atoms with Crippen molar-refractivity contribution in [1.82, 2.24) is 9.97 Å². The second kappa shape index (κ2) is 6.96. The molecule has 2 aromatic heterocycles. The lowest BCUT2D eigenvalue weighted by atomic mass is 10.1. The number of nitrogens with zero attached hydrogens (tertiary/aromatic N) is 2. The minimum atomic E-state index is 0.591. The first-order valence-corrected chi connectivity index (χ1v) is 7.71. The molecule has 3 aromatic rings. The summed E-state index contributed by atoms with van der Waals surface area (Å²) in [6.45, 7) is 4.68. The predicted octanol–water partition coefficient (Wildman–Crippen LogP) is 4.30. The lowest BCUT2D eigenvalue weighted by Gasteiger charge is -2.11. The van der Waals surface area contributed by atoms with Crippen molar-refractivity contribution in [2.75, 3.05) is 10.6 Å². The van der Waals surface area contributed by atoms with Crippen LogP contribution in [0.1, 0.15) is 23.9 Å². The molecule has 1 aromatic carbocycles. The summed E-state index contributed by atoms with van der Waals surface area (Å²) in [4.78, 5) is 8.99. The lowest BCUT2D eigenvalue weighted by molar-refractivity contribution is 0.518. The number of hydrogen-bond acceptors (Lipinski definition) is 5. The van der Waals surface area contributed by atoms with Gasteiger partial charge in [0.2, 0.25) is 5.95 Å². The monoisotopic (exact) mass is 308 g/mol. The molecule has 23 heavy (non-hydrogen) atoms. The van der Waals surface area contributed by atoms with E-state index in [4.69, 9.17) is 4.42 Å². The highest BCUT2D eigenvalue weighted by molar-refractivity contribution is 5.59. The third-order valence-electron chi connectivity index (χ3n) is 3.52. The molecule has 3 rings (SSSR count). The first kappa shape index (κ1) is 15.1. The Labute approximate surface area is 135 Å². The maximum atomic E-state index is 5.32. The standard InChI is InChI=1S/C18H20N4O/c1-3-14-7-4-5-9-16(14)21-18-20-13(2)11-17(22-18)19-12-15-8-6-10-23-15/h4-11H,3,12H2,1-2H3,(H2,19,20,21,22). The number of aromatic nitrogens is 2. The Balaban J connectivity index is 1.77. The topological polar surface area (TPSA) is 63.0 Å². The van der Waals surface area contributed by atoms with Crippen LogP contribution in [0.2, 0.25) is 0 Å². The van der Waals surface area contributed by atoms with Crippen LogP contribution < -0.4 is 10.6 Å². The third-order valence-corrected chi connectivity index (χ3v) is 3.52. The molecule has 0 saturated heterocycles. The van der Waals surface area contributed by atoms with Gasteiger partial charge in [-0.2, -0.15) is 4.98 Å². The van der Waals surface area contributed by atoms with Crippen LogP contribution in [-0.2, 0) is 13.0 Å². The quantitative estimate of drug-likeness (QED) is 0.711. The van der Waals surface area contributed by atoms with Gasteiger partial charge in [0.1, 0.15) is 11.6 Å². The van der Waals surface area contributed by atoms with Gasteiger partial charge in [0.05, 0.1) is 12.8 Å². The van der Waals surface area contributed by atoms with E-state index < -0.39 is 0 Å². The van der Waals surface area contributed by atoms with Crippen LogP contribution in [0.5, 0.6) is 0 Å². The number of anilines is 3. The van der Waals surface area contributed by atoms with Crippen molar-refractivity contribution in [2.24, 2.45) is 0 Å². The highest BCUT2D eigenvalue weighted by Gasteiger charge is 2.06. The molecule has 0 aliphatic carbocycles. The fourth-order valence-electron chi connectivity index (χ4n) is 2.38. The molecular formula is C18H20N4O. The van der Waals surface area contributed by atoms with Gasteiger partial charge in [0.15, 0.2) is 0 Å². The molecule has 0 amide bonds. The number of rotatable bonds is 6. The fourth-order valence-corrected chi connectivity index (χ4v) is 2.38. The molecule has 0 aliphatic rings. The van der Waals surface area contributed by atoms with Crippen LogP contribution in [0.15, 0.2) is 53.1 Å². The molecule has 0 aliphatic heterocycles. The predicted molar refractivity (Wildman–Crippen MR) is 91.9 cm³/mol. The van der Waals surface area contributed by atoms with Crippen molar-refractivity contribution >= 4 is 17.5 Å². The second-order valence-electron chi connectivity index (χ2n) is 5.29. The highest BCUT2D eigenvalue weighted by atomic mass is 16.3. The van der Waals surface area contributed by atoms with Crippen LogP contribution in [-0.4, -0.2) is 9.97 Å². The van der Waals surface area contributed by atoms with E-state index in [1.165, 1.54) is 5.56 Å². The van der Waals surface area contributed by atoms with Crippen molar-refractivity contribution in [1.29, 1.82) is 0 Å². The second-order valence-corrected chi connectivity index (χ2v) is 5.29. The molecule has 5 nitrogen and oxygen atoms in total. The van der Waals surface area contributed by atoms with Crippen molar-refractivity contribution in [3.05, 3.63) is 65.7 Å². The number of furan rings is 1. The summed E-state index contributed by atoms with van der Waals surface area (Å²) in [5.74, 6) is 2.23. The number of hydrogen-bond donors (Lipinski definition) is 2. The summed E-state index contributed by atoms with van der Waals surface area (Å²) < 4.78 is 5.32. The van der Waals surface area contributed by atoms with Gasteiger partial charge in [-0.3, -0.25) is 0 Å². The normalized spacial score (nSPS) is 10.5. The maximum Gasteiger partial charge on any atom is 0.229 e. The number of benzene rings is 1. The zero-order chi connectivity index (χ0) is 16.1. The zero-order valence-electron chi connectivity index (χ0n) is 13.3. The van der Waals surface area contributed by atoms with Gasteiger partial charge in [-0.1, -0.05) is 25.1 Å². The van der Waals surface area contributed by atoms with Gasteiger partial charge in [0.25, 0.3) is 0 Å². The Bertz CT molecular complexity index is 768. The van der Waals surface area contributed by atoms with Crippen LogP contribution in [0.3, 0.4) is 0 Å². The molecule has 0 bridgehead atoms. The van der Waals surface area contributed by atoms with Crippen LogP contribution in [0.4, 0.5) is 17.5 Å². The van der Waals surface area contributed by atoms with E-state index in [0.29, 0.717) is 12.5 Å². The van der Waals surface area contributed by atoms with Gasteiger partial charge < -0.3 is 15.1 Å². The molecule has 0 fully saturated rings. The fraction of sp³-hybridized carbons (Fsp3) is 0.222. The number of aryl methyl sites for hydroxylation is 2. The van der Waals surface area contributed by atoms with Gasteiger partial charge >= 0.3 is 0 Å². The zero-order valence-corrected chi connectivity index (χ0v) is 13.3. The van der Waals surface area contributed by atoms with Crippen LogP contribution >= 0.6 is 0 Å². The van der Waals surface area contributed by atoms with E-state index in [1.807, 2.05) is 43.3 Å². The van der Waals surface area contributed by atoms with Crippen molar-refractivity contribution < 1.29 is 4.42 Å². The number of para-hydroxylation sites is 1. The minimum Gasteiger partial charge on any atom is -0.467 e. The first-order valence-electron chi connectivity index (χ1n) is 7.71. The number of nitrogens with one attached hydrogen (secondary N) is 2. The van der Waals surface area contributed by atoms with Crippen molar-refractivity contribution in [3.63, 3.8) is 0 Å². The van der Waals surface area contributed by atoms with E-state index in [0.717, 1.165) is 29.4 Å². The van der Waals surface area contributed by atoms with E-state index >= 15 is 0 Å². The molecule has 0 spiro atoms. The van der Waals surface area contributed by atoms with Crippen molar-refractivity contribution in [2.45, 2.75) is 26.8 Å². The Hall–Kier alpha value is -2.82. The third kappa shape index (κ3) is 3.88. The summed E-state index contributed by atoms with van der Waals surface area (Å²) in [5, 5.41) is 6.57. The molecular weight excluding hydrogens is 288 g/mol. The molecule has 0 atom stereocenters. The molecule has 5 heteroatoms. The van der Waals surface area contributed by atoms with Gasteiger partial charge in [-0.25, -0.2) is 4.98 Å². The largest absolute Gasteiger partial charge is 0.467 e. The van der Waals surface area contributed by atoms with E-state index in [2.05, 4.69) is 33.6 Å². The van der Waals surface area contributed by atoms with E-state index in [1.54, 1.807) is 6.26 Å². The smallest absolute Gasteiger partial charge is 0.229 e. The first-order chi connectivity index (χ1) is 11.2. The van der Waals surface area contributed by atoms with Crippen molar-refractivity contribution in [3.8, 4) is 0 Å². The molecule has 0 saturated carbocycles. The lowest BCUT2D eigenvalue weighted by Crippen LogP contribution is -2.06. The average molecular weight is 308 g/mol. The molecule has 2 N–H and O–H groups in total. The van der Waals surface area contributed by atoms with Gasteiger partial charge in [-0.15, -0.1) is 0 Å². The summed E-state index contributed by atoms with van der Waals surface area (Å²) in [7, 11) is 0. The average Bonchev–Trinajstić information content (AvgIpc) is 3.06. The van der Waals surface area contributed by atoms with Gasteiger partial charge in [-0.05, 0) is 37.1 Å². The summed E-state index contributed by atoms with van der Waals surface area (Å²) in [6, 6.07) is 13.9.